The zero-order valence-corrected chi connectivity index (χ0v) is 8.18. The molecule has 0 radical (unpaired) electrons. The van der Waals surface area contributed by atoms with E-state index in [0.29, 0.717) is 0 Å². The Labute approximate surface area is 84.8 Å². The maximum absolute atomic E-state index is 12.4. The van der Waals surface area contributed by atoms with E-state index in [1.54, 1.807) is 0 Å². The van der Waals surface area contributed by atoms with Gasteiger partial charge >= 0.3 is 0 Å². The highest BCUT2D eigenvalue weighted by Crippen LogP contribution is 2.30. The molecule has 14 heavy (non-hydrogen) atoms. The first kappa shape index (κ1) is 11.1. The van der Waals surface area contributed by atoms with Crippen LogP contribution in [-0.2, 0) is 6.54 Å². The van der Waals surface area contributed by atoms with Gasteiger partial charge in [-0.2, -0.15) is 0 Å². The molecule has 0 fully saturated rings. The van der Waals surface area contributed by atoms with Gasteiger partial charge in [0.05, 0.1) is 17.8 Å². The summed E-state index contributed by atoms with van der Waals surface area (Å²) < 4.78 is 29.6. The molecule has 1 rings (SSSR count). The van der Waals surface area contributed by atoms with E-state index in [-0.39, 0.29) is 23.0 Å². The lowest BCUT2D eigenvalue weighted by Crippen LogP contribution is -2.05. The van der Waals surface area contributed by atoms with E-state index in [2.05, 4.69) is 4.98 Å². The van der Waals surface area contributed by atoms with E-state index in [4.69, 9.17) is 22.1 Å². The van der Waals surface area contributed by atoms with Crippen LogP contribution in [0.4, 0.5) is 8.78 Å². The topological polar surface area (TPSA) is 48.1 Å². The maximum Gasteiger partial charge on any atom is 0.284 e. The fourth-order valence-electron chi connectivity index (χ4n) is 0.989. The van der Waals surface area contributed by atoms with Crippen molar-refractivity contribution in [2.75, 3.05) is 7.11 Å². The first-order chi connectivity index (χ1) is 6.60. The zero-order chi connectivity index (χ0) is 10.7. The number of nitrogens with zero attached hydrogens (tertiary/aromatic N) is 1. The maximum atomic E-state index is 12.4. The standard InChI is InChI=1S/C8H9ClF2N2O/c1-14-6-2-4(9)5(3-12)13-7(6)8(10)11/h2,8H,3,12H2,1H3. The number of methoxy groups -OCH3 is 1. The largest absolute Gasteiger partial charge is 0.495 e. The molecule has 0 amide bonds. The molecule has 3 nitrogen and oxygen atoms in total. The second-order valence-corrected chi connectivity index (χ2v) is 2.92. The zero-order valence-electron chi connectivity index (χ0n) is 7.43. The molecule has 0 saturated heterocycles. The van der Waals surface area contributed by atoms with Crippen LogP contribution in [-0.4, -0.2) is 12.1 Å². The molecular weight excluding hydrogens is 214 g/mol. The SMILES string of the molecule is COc1cc(Cl)c(CN)nc1C(F)F. The van der Waals surface area contributed by atoms with Crippen LogP contribution < -0.4 is 10.5 Å². The van der Waals surface area contributed by atoms with Crippen LogP contribution in [0.3, 0.4) is 0 Å². The predicted molar refractivity (Wildman–Crippen MR) is 48.6 cm³/mol. The fourth-order valence-corrected chi connectivity index (χ4v) is 1.21. The van der Waals surface area contributed by atoms with Crippen LogP contribution in [0.1, 0.15) is 17.8 Å². The monoisotopic (exact) mass is 222 g/mol. The van der Waals surface area contributed by atoms with Crippen LogP contribution in [0.25, 0.3) is 0 Å². The fraction of sp³-hybridized carbons (Fsp3) is 0.375. The molecule has 1 heterocycles. The Morgan fingerprint density at radius 1 is 1.64 bits per heavy atom. The Hall–Kier alpha value is -0.940. The summed E-state index contributed by atoms with van der Waals surface area (Å²) in [6.45, 7) is 0.0164. The van der Waals surface area contributed by atoms with E-state index < -0.39 is 12.1 Å². The average molecular weight is 223 g/mol. The first-order valence-electron chi connectivity index (χ1n) is 3.81. The van der Waals surface area contributed by atoms with Crippen LogP contribution in [0.5, 0.6) is 5.75 Å². The summed E-state index contributed by atoms with van der Waals surface area (Å²) in [5, 5.41) is 0.230. The minimum absolute atomic E-state index is 0.0164. The van der Waals surface area contributed by atoms with Crippen molar-refractivity contribution in [2.45, 2.75) is 13.0 Å². The Morgan fingerprint density at radius 3 is 2.71 bits per heavy atom. The third kappa shape index (κ3) is 2.10. The van der Waals surface area contributed by atoms with E-state index in [0.717, 1.165) is 0 Å². The number of hydrogen-bond donors (Lipinski definition) is 1. The summed E-state index contributed by atoms with van der Waals surface area (Å²) >= 11 is 5.72. The number of hydrogen-bond acceptors (Lipinski definition) is 3. The summed E-state index contributed by atoms with van der Waals surface area (Å²) in [4.78, 5) is 3.63. The molecule has 2 N–H and O–H groups in total. The van der Waals surface area contributed by atoms with Crippen LogP contribution >= 0.6 is 11.6 Å². The number of alkyl halides is 2. The molecule has 78 valence electrons. The van der Waals surface area contributed by atoms with Gasteiger partial charge in [0.2, 0.25) is 0 Å². The molecule has 1 aromatic heterocycles. The highest BCUT2D eigenvalue weighted by molar-refractivity contribution is 6.31. The molecule has 0 aliphatic heterocycles. The van der Waals surface area contributed by atoms with Crippen molar-refractivity contribution < 1.29 is 13.5 Å². The molecule has 6 heteroatoms. The van der Waals surface area contributed by atoms with Gasteiger partial charge in [-0.25, -0.2) is 13.8 Å². The van der Waals surface area contributed by atoms with Crippen molar-refractivity contribution in [3.05, 3.63) is 22.5 Å². The van der Waals surface area contributed by atoms with Crippen molar-refractivity contribution in [2.24, 2.45) is 5.73 Å². The van der Waals surface area contributed by atoms with Crippen LogP contribution in [0.15, 0.2) is 6.07 Å². The van der Waals surface area contributed by atoms with Gasteiger partial charge in [0.25, 0.3) is 6.43 Å². The normalized spacial score (nSPS) is 10.7. The van der Waals surface area contributed by atoms with E-state index in [1.807, 2.05) is 0 Å². The number of nitrogens with two attached hydrogens (primary N) is 1. The molecule has 0 atom stereocenters. The lowest BCUT2D eigenvalue weighted by Gasteiger charge is -2.09. The molecule has 0 spiro atoms. The van der Waals surface area contributed by atoms with Gasteiger partial charge in [-0.15, -0.1) is 0 Å². The Kier molecular flexibility index (Phi) is 3.60. The second kappa shape index (κ2) is 4.52. The minimum atomic E-state index is -2.70. The first-order valence-corrected chi connectivity index (χ1v) is 4.19. The second-order valence-electron chi connectivity index (χ2n) is 2.51. The van der Waals surface area contributed by atoms with Crippen LogP contribution in [0.2, 0.25) is 5.02 Å². The van der Waals surface area contributed by atoms with E-state index in [1.165, 1.54) is 13.2 Å². The summed E-state index contributed by atoms with van der Waals surface area (Å²) in [5.41, 5.74) is 5.08. The Balaban J connectivity index is 3.25. The van der Waals surface area contributed by atoms with Crippen molar-refractivity contribution >= 4 is 11.6 Å². The average Bonchev–Trinajstić information content (AvgIpc) is 2.16. The minimum Gasteiger partial charge on any atom is -0.495 e. The van der Waals surface area contributed by atoms with Gasteiger partial charge in [-0.3, -0.25) is 0 Å². The number of halogens is 3. The summed E-state index contributed by atoms with van der Waals surface area (Å²) in [6.07, 6.45) is -2.70. The Bertz CT molecular complexity index is 333. The van der Waals surface area contributed by atoms with Crippen LogP contribution in [0, 0.1) is 0 Å². The lowest BCUT2D eigenvalue weighted by atomic mass is 10.2. The number of ether oxygens (including phenoxy) is 1. The third-order valence-electron chi connectivity index (χ3n) is 1.66. The van der Waals surface area contributed by atoms with Gasteiger partial charge < -0.3 is 10.5 Å². The lowest BCUT2D eigenvalue weighted by molar-refractivity contribution is 0.141. The number of pyridine rings is 1. The summed E-state index contributed by atoms with van der Waals surface area (Å²) in [5.74, 6) is -0.0257. The van der Waals surface area contributed by atoms with Gasteiger partial charge in [0, 0.05) is 12.6 Å². The van der Waals surface area contributed by atoms with Gasteiger partial charge in [0.1, 0.15) is 11.4 Å². The van der Waals surface area contributed by atoms with Crippen molar-refractivity contribution in [3.8, 4) is 5.75 Å². The Morgan fingerprint density at radius 2 is 2.29 bits per heavy atom. The number of aromatic nitrogens is 1. The number of rotatable bonds is 3. The van der Waals surface area contributed by atoms with E-state index >= 15 is 0 Å². The molecule has 0 aromatic carbocycles. The smallest absolute Gasteiger partial charge is 0.284 e. The van der Waals surface area contributed by atoms with Gasteiger partial charge in [-0.05, 0) is 0 Å². The molecular formula is C8H9ClF2N2O. The molecule has 1 aromatic rings. The predicted octanol–water partition coefficient (Wildman–Crippen LogP) is 2.14. The quantitative estimate of drug-likeness (QED) is 0.853. The summed E-state index contributed by atoms with van der Waals surface area (Å²) in [7, 11) is 1.28. The highest BCUT2D eigenvalue weighted by Gasteiger charge is 2.18. The molecule has 0 saturated carbocycles. The van der Waals surface area contributed by atoms with E-state index in [9.17, 15) is 8.78 Å². The molecule has 0 aliphatic carbocycles. The molecule has 0 unspecified atom stereocenters. The molecule has 0 bridgehead atoms. The van der Waals surface area contributed by atoms with Crippen molar-refractivity contribution in [3.63, 3.8) is 0 Å². The third-order valence-corrected chi connectivity index (χ3v) is 1.99. The molecule has 0 aliphatic rings. The van der Waals surface area contributed by atoms with Crippen molar-refractivity contribution in [1.29, 1.82) is 0 Å². The summed E-state index contributed by atoms with van der Waals surface area (Å²) in [6, 6.07) is 1.29. The van der Waals surface area contributed by atoms with Gasteiger partial charge in [0.15, 0.2) is 0 Å². The van der Waals surface area contributed by atoms with Gasteiger partial charge in [-0.1, -0.05) is 11.6 Å². The van der Waals surface area contributed by atoms with Crippen molar-refractivity contribution in [1.82, 2.24) is 4.98 Å². The highest BCUT2D eigenvalue weighted by atomic mass is 35.5.